The van der Waals surface area contributed by atoms with Gasteiger partial charge in [-0.15, -0.1) is 11.3 Å². The number of hydrogen-bond acceptors (Lipinski definition) is 5. The first kappa shape index (κ1) is 20.8. The maximum absolute atomic E-state index is 5.46. The Morgan fingerprint density at radius 1 is 1.18 bits per heavy atom. The average Bonchev–Trinajstić information content (AvgIpc) is 3.03. The molecule has 28 heavy (non-hydrogen) atoms. The monoisotopic (exact) mass is 401 g/mol. The highest BCUT2D eigenvalue weighted by Crippen LogP contribution is 2.17. The van der Waals surface area contributed by atoms with Gasteiger partial charge in [0, 0.05) is 31.1 Å². The van der Waals surface area contributed by atoms with Gasteiger partial charge in [-0.3, -0.25) is 4.90 Å². The van der Waals surface area contributed by atoms with E-state index >= 15 is 0 Å². The first-order valence-electron chi connectivity index (χ1n) is 9.97. The molecule has 152 valence electrons. The normalized spacial score (nSPS) is 15.6. The second kappa shape index (κ2) is 10.5. The molecule has 3 rings (SSSR count). The molecule has 2 N–H and O–H groups in total. The van der Waals surface area contributed by atoms with Gasteiger partial charge in [-0.05, 0) is 31.9 Å². The zero-order valence-corrected chi connectivity index (χ0v) is 17.9. The first-order chi connectivity index (χ1) is 13.7. The second-order valence-electron chi connectivity index (χ2n) is 6.95. The number of benzene rings is 1. The minimum absolute atomic E-state index is 0.663. The van der Waals surface area contributed by atoms with Crippen molar-refractivity contribution < 1.29 is 4.74 Å². The van der Waals surface area contributed by atoms with Gasteiger partial charge in [0.25, 0.3) is 0 Å². The Kier molecular flexibility index (Phi) is 7.82. The predicted molar refractivity (Wildman–Crippen MR) is 116 cm³/mol. The molecule has 1 aromatic carbocycles. The van der Waals surface area contributed by atoms with Gasteiger partial charge >= 0.3 is 0 Å². The number of ether oxygens (including phenoxy) is 1. The predicted octanol–water partition coefficient (Wildman–Crippen LogP) is 2.85. The van der Waals surface area contributed by atoms with E-state index in [9.17, 15) is 0 Å². The van der Waals surface area contributed by atoms with Crippen LogP contribution in [0.5, 0.6) is 0 Å². The van der Waals surface area contributed by atoms with Gasteiger partial charge in [-0.2, -0.15) is 0 Å². The number of morpholine rings is 1. The maximum Gasteiger partial charge on any atom is 0.191 e. The van der Waals surface area contributed by atoms with Gasteiger partial charge in [0.05, 0.1) is 37.0 Å². The molecule has 2 heterocycles. The summed E-state index contributed by atoms with van der Waals surface area (Å²) in [7, 11) is 0. The van der Waals surface area contributed by atoms with Crippen molar-refractivity contribution in [1.82, 2.24) is 20.5 Å². The van der Waals surface area contributed by atoms with Crippen LogP contribution >= 0.6 is 11.3 Å². The summed E-state index contributed by atoms with van der Waals surface area (Å²) < 4.78 is 5.46. The summed E-state index contributed by atoms with van der Waals surface area (Å²) in [4.78, 5) is 13.0. The molecule has 0 spiro atoms. The van der Waals surface area contributed by atoms with Crippen LogP contribution in [0.25, 0.3) is 0 Å². The molecule has 1 aliphatic rings. The third kappa shape index (κ3) is 6.02. The van der Waals surface area contributed by atoms with Crippen LogP contribution in [0.1, 0.15) is 33.6 Å². The van der Waals surface area contributed by atoms with E-state index in [2.05, 4.69) is 58.6 Å². The SMILES string of the molecule is CCNC(=NCc1ccccc1CN1CCOCC1)NCc1sc(C)nc1C. The lowest BCUT2D eigenvalue weighted by Gasteiger charge is -2.27. The van der Waals surface area contributed by atoms with E-state index in [-0.39, 0.29) is 0 Å². The Balaban J connectivity index is 1.64. The largest absolute Gasteiger partial charge is 0.379 e. The van der Waals surface area contributed by atoms with Crippen molar-refractivity contribution in [2.75, 3.05) is 32.8 Å². The molecule has 0 unspecified atom stereocenters. The van der Waals surface area contributed by atoms with Gasteiger partial charge in [-0.1, -0.05) is 24.3 Å². The van der Waals surface area contributed by atoms with E-state index in [0.717, 1.165) is 62.6 Å². The van der Waals surface area contributed by atoms with Crippen molar-refractivity contribution in [2.24, 2.45) is 4.99 Å². The van der Waals surface area contributed by atoms with Crippen molar-refractivity contribution in [3.63, 3.8) is 0 Å². The summed E-state index contributed by atoms with van der Waals surface area (Å²) in [6.07, 6.45) is 0. The number of nitrogens with zero attached hydrogens (tertiary/aromatic N) is 3. The van der Waals surface area contributed by atoms with Crippen LogP contribution in [0.3, 0.4) is 0 Å². The molecule has 1 aliphatic heterocycles. The van der Waals surface area contributed by atoms with Crippen LogP contribution in [0.15, 0.2) is 29.3 Å². The fourth-order valence-corrected chi connectivity index (χ4v) is 4.15. The van der Waals surface area contributed by atoms with Crippen LogP contribution in [0.2, 0.25) is 0 Å². The minimum Gasteiger partial charge on any atom is -0.379 e. The average molecular weight is 402 g/mol. The molecule has 1 fully saturated rings. The summed E-state index contributed by atoms with van der Waals surface area (Å²) in [6.45, 7) is 13.0. The third-order valence-corrected chi connectivity index (χ3v) is 5.86. The lowest BCUT2D eigenvalue weighted by molar-refractivity contribution is 0.0341. The van der Waals surface area contributed by atoms with Gasteiger partial charge in [0.2, 0.25) is 0 Å². The molecular formula is C21H31N5OS. The third-order valence-electron chi connectivity index (χ3n) is 4.78. The van der Waals surface area contributed by atoms with Crippen molar-refractivity contribution in [1.29, 1.82) is 0 Å². The highest BCUT2D eigenvalue weighted by atomic mass is 32.1. The minimum atomic E-state index is 0.663. The fraction of sp³-hybridized carbons (Fsp3) is 0.524. The number of rotatable bonds is 7. The molecule has 1 aromatic heterocycles. The van der Waals surface area contributed by atoms with Crippen LogP contribution in [-0.2, 0) is 24.4 Å². The Morgan fingerprint density at radius 2 is 1.93 bits per heavy atom. The van der Waals surface area contributed by atoms with E-state index in [1.54, 1.807) is 11.3 Å². The van der Waals surface area contributed by atoms with Gasteiger partial charge in [0.1, 0.15) is 0 Å². The van der Waals surface area contributed by atoms with E-state index < -0.39 is 0 Å². The van der Waals surface area contributed by atoms with Gasteiger partial charge < -0.3 is 15.4 Å². The van der Waals surface area contributed by atoms with Crippen molar-refractivity contribution in [3.05, 3.63) is 51.0 Å². The summed E-state index contributed by atoms with van der Waals surface area (Å²) in [6, 6.07) is 8.60. The van der Waals surface area contributed by atoms with E-state index in [1.165, 1.54) is 16.0 Å². The number of hydrogen-bond donors (Lipinski definition) is 2. The van der Waals surface area contributed by atoms with Gasteiger partial charge in [-0.25, -0.2) is 9.98 Å². The van der Waals surface area contributed by atoms with Crippen LogP contribution in [-0.4, -0.2) is 48.7 Å². The van der Waals surface area contributed by atoms with Crippen molar-refractivity contribution in [2.45, 2.75) is 40.4 Å². The van der Waals surface area contributed by atoms with Crippen molar-refractivity contribution >= 4 is 17.3 Å². The molecule has 6 nitrogen and oxygen atoms in total. The summed E-state index contributed by atoms with van der Waals surface area (Å²) >= 11 is 1.74. The summed E-state index contributed by atoms with van der Waals surface area (Å²) in [5.41, 5.74) is 3.72. The van der Waals surface area contributed by atoms with Crippen molar-refractivity contribution in [3.8, 4) is 0 Å². The Hall–Kier alpha value is -1.96. The molecule has 0 aliphatic carbocycles. The van der Waals surface area contributed by atoms with Crippen LogP contribution in [0.4, 0.5) is 0 Å². The summed E-state index contributed by atoms with van der Waals surface area (Å²) in [5, 5.41) is 7.90. The number of nitrogens with one attached hydrogen (secondary N) is 2. The quantitative estimate of drug-likeness (QED) is 0.552. The molecular weight excluding hydrogens is 370 g/mol. The molecule has 0 saturated carbocycles. The second-order valence-corrected chi connectivity index (χ2v) is 8.24. The number of aryl methyl sites for hydroxylation is 2. The zero-order valence-electron chi connectivity index (χ0n) is 17.1. The maximum atomic E-state index is 5.46. The number of guanidine groups is 1. The molecule has 0 amide bonds. The molecule has 0 bridgehead atoms. The summed E-state index contributed by atoms with van der Waals surface area (Å²) in [5.74, 6) is 0.842. The fourth-order valence-electron chi connectivity index (χ4n) is 3.27. The lowest BCUT2D eigenvalue weighted by Crippen LogP contribution is -2.37. The first-order valence-corrected chi connectivity index (χ1v) is 10.8. The van der Waals surface area contributed by atoms with E-state index in [1.807, 2.05) is 6.92 Å². The Morgan fingerprint density at radius 3 is 2.61 bits per heavy atom. The smallest absolute Gasteiger partial charge is 0.191 e. The number of aliphatic imine (C=N–C) groups is 1. The van der Waals surface area contributed by atoms with Crippen LogP contribution in [0, 0.1) is 13.8 Å². The lowest BCUT2D eigenvalue weighted by atomic mass is 10.1. The van der Waals surface area contributed by atoms with Crippen LogP contribution < -0.4 is 10.6 Å². The highest BCUT2D eigenvalue weighted by Gasteiger charge is 2.12. The molecule has 0 radical (unpaired) electrons. The highest BCUT2D eigenvalue weighted by molar-refractivity contribution is 7.11. The molecule has 1 saturated heterocycles. The van der Waals surface area contributed by atoms with Gasteiger partial charge in [0.15, 0.2) is 5.96 Å². The Bertz CT molecular complexity index is 783. The topological polar surface area (TPSA) is 61.8 Å². The zero-order chi connectivity index (χ0) is 19.8. The Labute approximate surface area is 172 Å². The number of thiazole rings is 1. The number of aromatic nitrogens is 1. The molecule has 7 heteroatoms. The molecule has 0 atom stereocenters. The molecule has 2 aromatic rings. The van der Waals surface area contributed by atoms with E-state index in [4.69, 9.17) is 9.73 Å². The standard InChI is InChI=1S/C21H31N5OS/c1-4-22-21(24-14-20-16(2)25-17(3)28-20)23-13-18-7-5-6-8-19(18)15-26-9-11-27-12-10-26/h5-8H,4,9-15H2,1-3H3,(H2,22,23,24). The van der Waals surface area contributed by atoms with E-state index in [0.29, 0.717) is 6.54 Å².